The summed E-state index contributed by atoms with van der Waals surface area (Å²) in [6.45, 7) is 10.5. The van der Waals surface area contributed by atoms with E-state index in [0.29, 0.717) is 5.56 Å². The first kappa shape index (κ1) is 13.2. The fourth-order valence-electron chi connectivity index (χ4n) is 2.43. The number of aldehydes is 1. The molecule has 0 aromatic carbocycles. The second-order valence-corrected chi connectivity index (χ2v) is 4.77. The number of ether oxygens (including phenoxy) is 1. The van der Waals surface area contributed by atoms with E-state index in [1.165, 1.54) is 0 Å². The number of nitrogens with zero attached hydrogens (tertiary/aromatic N) is 3. The molecule has 0 N–H and O–H groups in total. The number of hydrogen-bond donors (Lipinski definition) is 0. The zero-order chi connectivity index (χ0) is 13.1. The van der Waals surface area contributed by atoms with Gasteiger partial charge in [-0.05, 0) is 20.4 Å². The molecule has 1 aromatic rings. The highest BCUT2D eigenvalue weighted by atomic mass is 16.5. The van der Waals surface area contributed by atoms with Crippen molar-refractivity contribution < 1.29 is 9.53 Å². The minimum atomic E-state index is 0.163. The van der Waals surface area contributed by atoms with Crippen molar-refractivity contribution in [2.45, 2.75) is 33.4 Å². The Morgan fingerprint density at radius 1 is 1.50 bits per heavy atom. The van der Waals surface area contributed by atoms with Gasteiger partial charge in [0.1, 0.15) is 0 Å². The molecule has 1 aliphatic rings. The van der Waals surface area contributed by atoms with E-state index in [0.717, 1.165) is 50.5 Å². The van der Waals surface area contributed by atoms with Gasteiger partial charge in [-0.15, -0.1) is 0 Å². The second kappa shape index (κ2) is 5.63. The molecule has 1 atom stereocenters. The molecule has 0 saturated carbocycles. The Morgan fingerprint density at radius 2 is 2.28 bits per heavy atom. The number of rotatable bonds is 4. The van der Waals surface area contributed by atoms with Crippen molar-refractivity contribution in [3.8, 4) is 0 Å². The Labute approximate surface area is 108 Å². The molecule has 0 radical (unpaired) electrons. The van der Waals surface area contributed by atoms with Gasteiger partial charge in [0.05, 0.1) is 30.5 Å². The van der Waals surface area contributed by atoms with Gasteiger partial charge in [0.2, 0.25) is 0 Å². The lowest BCUT2D eigenvalue weighted by molar-refractivity contribution is -0.0360. The largest absolute Gasteiger partial charge is 0.374 e. The molecule has 0 bridgehead atoms. The molecule has 5 heteroatoms. The van der Waals surface area contributed by atoms with Crippen LogP contribution < -0.4 is 0 Å². The molecule has 0 amide bonds. The van der Waals surface area contributed by atoms with Gasteiger partial charge in [-0.3, -0.25) is 14.4 Å². The summed E-state index contributed by atoms with van der Waals surface area (Å²) in [6, 6.07) is 0. The minimum absolute atomic E-state index is 0.163. The number of aryl methyl sites for hydroxylation is 1. The lowest BCUT2D eigenvalue weighted by Crippen LogP contribution is -2.44. The molecular formula is C13H21N3O2. The van der Waals surface area contributed by atoms with Crippen molar-refractivity contribution in [3.05, 3.63) is 17.0 Å². The zero-order valence-corrected chi connectivity index (χ0v) is 11.3. The van der Waals surface area contributed by atoms with Gasteiger partial charge in [-0.1, -0.05) is 6.92 Å². The van der Waals surface area contributed by atoms with Crippen LogP contribution in [0, 0.1) is 13.8 Å². The quantitative estimate of drug-likeness (QED) is 0.750. The van der Waals surface area contributed by atoms with E-state index in [1.807, 2.05) is 18.5 Å². The van der Waals surface area contributed by atoms with Crippen LogP contribution in [0.2, 0.25) is 0 Å². The van der Waals surface area contributed by atoms with Crippen LogP contribution in [0.3, 0.4) is 0 Å². The standard InChI is InChI=1S/C13H21N3O2/c1-4-15-5-6-18-12(7-15)8-16-11(3)13(9-17)10(2)14-16/h9,12H,4-8H2,1-3H3. The van der Waals surface area contributed by atoms with Crippen LogP contribution in [0.1, 0.15) is 28.7 Å². The number of hydrogen-bond acceptors (Lipinski definition) is 4. The summed E-state index contributed by atoms with van der Waals surface area (Å²) in [5.41, 5.74) is 2.43. The third-order valence-corrected chi connectivity index (χ3v) is 3.60. The maximum atomic E-state index is 11.0. The van der Waals surface area contributed by atoms with E-state index in [-0.39, 0.29) is 6.10 Å². The Bertz CT molecular complexity index is 428. The minimum Gasteiger partial charge on any atom is -0.374 e. The molecule has 2 heterocycles. The molecular weight excluding hydrogens is 230 g/mol. The molecule has 0 spiro atoms. The van der Waals surface area contributed by atoms with E-state index in [2.05, 4.69) is 16.9 Å². The maximum absolute atomic E-state index is 11.0. The molecule has 0 aliphatic carbocycles. The average molecular weight is 251 g/mol. The third-order valence-electron chi connectivity index (χ3n) is 3.60. The third kappa shape index (κ3) is 2.62. The van der Waals surface area contributed by atoms with Gasteiger partial charge in [-0.25, -0.2) is 0 Å². The second-order valence-electron chi connectivity index (χ2n) is 4.77. The van der Waals surface area contributed by atoms with Gasteiger partial charge < -0.3 is 4.74 Å². The Hall–Kier alpha value is -1.20. The van der Waals surface area contributed by atoms with Gasteiger partial charge in [0.15, 0.2) is 6.29 Å². The van der Waals surface area contributed by atoms with Crippen LogP contribution in [0.4, 0.5) is 0 Å². The number of likely N-dealkylation sites (N-methyl/N-ethyl adjacent to an activating group) is 1. The molecule has 1 unspecified atom stereocenters. The molecule has 1 aromatic heterocycles. The first-order valence-electron chi connectivity index (χ1n) is 6.48. The number of carbonyl (C=O) groups is 1. The first-order valence-corrected chi connectivity index (χ1v) is 6.48. The SMILES string of the molecule is CCN1CCOC(Cn2nc(C)c(C=O)c2C)C1. The van der Waals surface area contributed by atoms with E-state index in [9.17, 15) is 4.79 Å². The van der Waals surface area contributed by atoms with Gasteiger partial charge in [0.25, 0.3) is 0 Å². The molecule has 18 heavy (non-hydrogen) atoms. The van der Waals surface area contributed by atoms with Crippen LogP contribution >= 0.6 is 0 Å². The Morgan fingerprint density at radius 3 is 2.89 bits per heavy atom. The highest BCUT2D eigenvalue weighted by molar-refractivity contribution is 5.77. The first-order chi connectivity index (χ1) is 8.65. The molecule has 1 fully saturated rings. The lowest BCUT2D eigenvalue weighted by atomic mass is 10.2. The van der Waals surface area contributed by atoms with E-state index in [4.69, 9.17) is 4.74 Å². The molecule has 5 nitrogen and oxygen atoms in total. The van der Waals surface area contributed by atoms with Crippen molar-refractivity contribution in [1.29, 1.82) is 0 Å². The summed E-state index contributed by atoms with van der Waals surface area (Å²) in [5, 5.41) is 4.41. The molecule has 2 rings (SSSR count). The van der Waals surface area contributed by atoms with Crippen LogP contribution in [0.15, 0.2) is 0 Å². The maximum Gasteiger partial charge on any atom is 0.153 e. The highest BCUT2D eigenvalue weighted by Crippen LogP contribution is 2.13. The van der Waals surface area contributed by atoms with E-state index in [1.54, 1.807) is 0 Å². The summed E-state index contributed by atoms with van der Waals surface area (Å²) in [4.78, 5) is 13.3. The fraction of sp³-hybridized carbons (Fsp3) is 0.692. The molecule has 100 valence electrons. The summed E-state index contributed by atoms with van der Waals surface area (Å²) in [7, 11) is 0. The van der Waals surface area contributed by atoms with Gasteiger partial charge >= 0.3 is 0 Å². The molecule has 1 saturated heterocycles. The number of morpholine rings is 1. The average Bonchev–Trinajstić information content (AvgIpc) is 2.64. The van der Waals surface area contributed by atoms with Gasteiger partial charge in [0, 0.05) is 18.8 Å². The summed E-state index contributed by atoms with van der Waals surface area (Å²) in [5.74, 6) is 0. The highest BCUT2D eigenvalue weighted by Gasteiger charge is 2.21. The summed E-state index contributed by atoms with van der Waals surface area (Å²) >= 11 is 0. The smallest absolute Gasteiger partial charge is 0.153 e. The van der Waals surface area contributed by atoms with Crippen LogP contribution in [-0.4, -0.2) is 53.3 Å². The van der Waals surface area contributed by atoms with Crippen molar-refractivity contribution in [1.82, 2.24) is 14.7 Å². The predicted octanol–water partition coefficient (Wildman–Crippen LogP) is 1.03. The van der Waals surface area contributed by atoms with Crippen molar-refractivity contribution in [2.75, 3.05) is 26.2 Å². The Kier molecular flexibility index (Phi) is 4.14. The van der Waals surface area contributed by atoms with Crippen molar-refractivity contribution >= 4 is 6.29 Å². The number of carbonyl (C=O) groups excluding carboxylic acids is 1. The summed E-state index contributed by atoms with van der Waals surface area (Å²) < 4.78 is 7.65. The zero-order valence-electron chi connectivity index (χ0n) is 11.3. The number of aromatic nitrogens is 2. The van der Waals surface area contributed by atoms with Crippen molar-refractivity contribution in [3.63, 3.8) is 0 Å². The van der Waals surface area contributed by atoms with E-state index >= 15 is 0 Å². The van der Waals surface area contributed by atoms with Crippen LogP contribution in [0.25, 0.3) is 0 Å². The monoisotopic (exact) mass is 251 g/mol. The lowest BCUT2D eigenvalue weighted by Gasteiger charge is -2.32. The predicted molar refractivity (Wildman–Crippen MR) is 68.9 cm³/mol. The van der Waals surface area contributed by atoms with Gasteiger partial charge in [-0.2, -0.15) is 5.10 Å². The fourth-order valence-corrected chi connectivity index (χ4v) is 2.43. The van der Waals surface area contributed by atoms with Crippen LogP contribution in [-0.2, 0) is 11.3 Å². The van der Waals surface area contributed by atoms with Crippen LogP contribution in [0.5, 0.6) is 0 Å². The van der Waals surface area contributed by atoms with E-state index < -0.39 is 0 Å². The molecule has 1 aliphatic heterocycles. The summed E-state index contributed by atoms with van der Waals surface area (Å²) in [6.07, 6.45) is 1.05. The Balaban J connectivity index is 2.07. The van der Waals surface area contributed by atoms with Crippen molar-refractivity contribution in [2.24, 2.45) is 0 Å². The topological polar surface area (TPSA) is 47.4 Å². The normalized spacial score (nSPS) is 21.2.